The van der Waals surface area contributed by atoms with Gasteiger partial charge in [-0.05, 0) is 6.92 Å². The SMILES string of the molecule is [CH2]C(N)(N)C(O)O. The first kappa shape index (κ1) is 6.84. The molecule has 0 aliphatic rings. The standard InChI is InChI=1S/C3H9N2O2/c1-3(4,5)2(6)7/h2,6-7H,1,4-5H2. The Morgan fingerprint density at radius 3 is 1.57 bits per heavy atom. The van der Waals surface area contributed by atoms with Crippen LogP contribution in [-0.2, 0) is 0 Å². The molecule has 1 radical (unpaired) electrons. The summed E-state index contributed by atoms with van der Waals surface area (Å²) in [5.74, 6) is 0. The lowest BCUT2D eigenvalue weighted by Crippen LogP contribution is -2.56. The summed E-state index contributed by atoms with van der Waals surface area (Å²) in [6, 6.07) is 0. The van der Waals surface area contributed by atoms with E-state index in [2.05, 4.69) is 6.92 Å². The van der Waals surface area contributed by atoms with Gasteiger partial charge in [-0.15, -0.1) is 0 Å². The highest BCUT2D eigenvalue weighted by atomic mass is 16.5. The molecule has 0 bridgehead atoms. The Bertz CT molecular complexity index is 56.4. The van der Waals surface area contributed by atoms with Gasteiger partial charge in [0.05, 0.1) is 0 Å². The van der Waals surface area contributed by atoms with E-state index in [0.29, 0.717) is 0 Å². The Kier molecular flexibility index (Phi) is 1.71. The maximum atomic E-state index is 8.13. The maximum Gasteiger partial charge on any atom is 0.183 e. The average Bonchev–Trinajstić information content (AvgIpc) is 1.31. The normalized spacial score (nSPS) is 12.9. The fraction of sp³-hybridized carbons (Fsp3) is 0.667. The second-order valence-electron chi connectivity index (χ2n) is 1.49. The van der Waals surface area contributed by atoms with Crippen LogP contribution in [0.5, 0.6) is 0 Å². The van der Waals surface area contributed by atoms with E-state index >= 15 is 0 Å². The molecule has 0 aliphatic heterocycles. The molecule has 0 aromatic rings. The Morgan fingerprint density at radius 1 is 1.43 bits per heavy atom. The topological polar surface area (TPSA) is 92.5 Å². The van der Waals surface area contributed by atoms with Gasteiger partial charge < -0.3 is 21.7 Å². The van der Waals surface area contributed by atoms with Crippen LogP contribution in [-0.4, -0.2) is 22.2 Å². The van der Waals surface area contributed by atoms with Crippen molar-refractivity contribution in [3.63, 3.8) is 0 Å². The van der Waals surface area contributed by atoms with Crippen molar-refractivity contribution < 1.29 is 10.2 Å². The first-order chi connectivity index (χ1) is 2.94. The molecule has 0 spiro atoms. The summed E-state index contributed by atoms with van der Waals surface area (Å²) in [6.45, 7) is 3.03. The Morgan fingerprint density at radius 2 is 1.57 bits per heavy atom. The van der Waals surface area contributed by atoms with Crippen LogP contribution in [0.25, 0.3) is 0 Å². The van der Waals surface area contributed by atoms with Gasteiger partial charge in [-0.3, -0.25) is 0 Å². The monoisotopic (exact) mass is 105 g/mol. The number of hydrogen-bond acceptors (Lipinski definition) is 4. The Labute approximate surface area is 41.7 Å². The predicted octanol–water partition coefficient (Wildman–Crippen LogP) is -2.26. The molecule has 0 aromatic carbocycles. The van der Waals surface area contributed by atoms with Crippen molar-refractivity contribution in [3.05, 3.63) is 6.92 Å². The molecular weight excluding hydrogens is 96.0 g/mol. The third kappa shape index (κ3) is 2.52. The molecule has 6 N–H and O–H groups in total. The molecule has 0 saturated heterocycles. The summed E-state index contributed by atoms with van der Waals surface area (Å²) in [5.41, 5.74) is 8.05. The molecule has 7 heavy (non-hydrogen) atoms. The smallest absolute Gasteiger partial charge is 0.183 e. The van der Waals surface area contributed by atoms with Gasteiger partial charge >= 0.3 is 0 Å². The predicted molar refractivity (Wildman–Crippen MR) is 24.7 cm³/mol. The van der Waals surface area contributed by atoms with E-state index in [1.165, 1.54) is 0 Å². The molecule has 0 aromatic heterocycles. The van der Waals surface area contributed by atoms with Crippen LogP contribution in [0.4, 0.5) is 0 Å². The molecule has 0 atom stereocenters. The Balaban J connectivity index is 3.54. The van der Waals surface area contributed by atoms with Crippen LogP contribution >= 0.6 is 0 Å². The van der Waals surface area contributed by atoms with Gasteiger partial charge in [0, 0.05) is 0 Å². The summed E-state index contributed by atoms with van der Waals surface area (Å²) < 4.78 is 0. The fourth-order valence-electron chi connectivity index (χ4n) is 0. The molecule has 0 fully saturated rings. The molecule has 43 valence electrons. The van der Waals surface area contributed by atoms with Gasteiger partial charge in [0.2, 0.25) is 0 Å². The number of aliphatic hydroxyl groups excluding tert-OH is 1. The summed E-state index contributed by atoms with van der Waals surface area (Å²) in [7, 11) is 0. The van der Waals surface area contributed by atoms with Crippen molar-refractivity contribution in [1.29, 1.82) is 0 Å². The summed E-state index contributed by atoms with van der Waals surface area (Å²) >= 11 is 0. The quantitative estimate of drug-likeness (QED) is 0.283. The van der Waals surface area contributed by atoms with Crippen molar-refractivity contribution in [2.24, 2.45) is 11.5 Å². The van der Waals surface area contributed by atoms with Gasteiger partial charge in [0.1, 0.15) is 5.66 Å². The molecule has 0 unspecified atom stereocenters. The third-order valence-corrected chi connectivity index (χ3v) is 0.481. The van der Waals surface area contributed by atoms with E-state index in [0.717, 1.165) is 0 Å². The average molecular weight is 105 g/mol. The van der Waals surface area contributed by atoms with Crippen molar-refractivity contribution in [2.75, 3.05) is 0 Å². The number of aliphatic hydroxyl groups is 2. The highest BCUT2D eigenvalue weighted by Gasteiger charge is 2.19. The summed E-state index contributed by atoms with van der Waals surface area (Å²) in [4.78, 5) is 0. The summed E-state index contributed by atoms with van der Waals surface area (Å²) in [6.07, 6.45) is -1.76. The van der Waals surface area contributed by atoms with Crippen LogP contribution in [0.1, 0.15) is 0 Å². The van der Waals surface area contributed by atoms with Crippen LogP contribution in [0.15, 0.2) is 0 Å². The van der Waals surface area contributed by atoms with Crippen LogP contribution in [0.3, 0.4) is 0 Å². The van der Waals surface area contributed by atoms with Crippen molar-refractivity contribution in [2.45, 2.75) is 12.0 Å². The van der Waals surface area contributed by atoms with Crippen molar-refractivity contribution >= 4 is 0 Å². The minimum atomic E-state index is -1.76. The molecule has 0 aliphatic carbocycles. The minimum Gasteiger partial charge on any atom is -0.366 e. The van der Waals surface area contributed by atoms with Crippen LogP contribution in [0.2, 0.25) is 0 Å². The first-order valence-electron chi connectivity index (χ1n) is 1.74. The molecule has 4 nitrogen and oxygen atoms in total. The summed E-state index contributed by atoms with van der Waals surface area (Å²) in [5, 5.41) is 16.3. The van der Waals surface area contributed by atoms with E-state index in [-0.39, 0.29) is 0 Å². The Hall–Kier alpha value is -0.160. The number of nitrogens with two attached hydrogens (primary N) is 2. The van der Waals surface area contributed by atoms with E-state index in [9.17, 15) is 0 Å². The zero-order valence-corrected chi connectivity index (χ0v) is 3.83. The molecular formula is C3H9N2O2. The van der Waals surface area contributed by atoms with Gasteiger partial charge in [0.15, 0.2) is 6.29 Å². The van der Waals surface area contributed by atoms with Crippen LogP contribution < -0.4 is 11.5 Å². The molecule has 0 rings (SSSR count). The third-order valence-electron chi connectivity index (χ3n) is 0.481. The second-order valence-corrected chi connectivity index (χ2v) is 1.49. The lowest BCUT2D eigenvalue weighted by atomic mass is 10.2. The van der Waals surface area contributed by atoms with E-state index < -0.39 is 12.0 Å². The molecule has 0 amide bonds. The van der Waals surface area contributed by atoms with E-state index in [4.69, 9.17) is 21.7 Å². The highest BCUT2D eigenvalue weighted by Crippen LogP contribution is 1.89. The first-order valence-corrected chi connectivity index (χ1v) is 1.74. The largest absolute Gasteiger partial charge is 0.366 e. The van der Waals surface area contributed by atoms with Crippen molar-refractivity contribution in [1.82, 2.24) is 0 Å². The van der Waals surface area contributed by atoms with Crippen LogP contribution in [0, 0.1) is 6.92 Å². The number of hydrogen-bond donors (Lipinski definition) is 4. The van der Waals surface area contributed by atoms with Gasteiger partial charge in [-0.25, -0.2) is 0 Å². The van der Waals surface area contributed by atoms with Gasteiger partial charge in [0.25, 0.3) is 0 Å². The van der Waals surface area contributed by atoms with Gasteiger partial charge in [-0.2, -0.15) is 0 Å². The van der Waals surface area contributed by atoms with E-state index in [1.807, 2.05) is 0 Å². The lowest BCUT2D eigenvalue weighted by Gasteiger charge is -2.19. The molecule has 0 saturated carbocycles. The second kappa shape index (κ2) is 1.75. The van der Waals surface area contributed by atoms with Gasteiger partial charge in [-0.1, -0.05) is 0 Å². The highest BCUT2D eigenvalue weighted by molar-refractivity contribution is 4.80. The van der Waals surface area contributed by atoms with E-state index in [1.54, 1.807) is 0 Å². The maximum absolute atomic E-state index is 8.13. The lowest BCUT2D eigenvalue weighted by molar-refractivity contribution is -0.0805. The molecule has 0 heterocycles. The van der Waals surface area contributed by atoms with Crippen molar-refractivity contribution in [3.8, 4) is 0 Å². The minimum absolute atomic E-state index is 1.64. The zero-order chi connectivity index (χ0) is 6.08. The molecule has 4 heteroatoms. The number of rotatable bonds is 1. The fourth-order valence-corrected chi connectivity index (χ4v) is 0. The zero-order valence-electron chi connectivity index (χ0n) is 3.83.